The zero-order valence-electron chi connectivity index (χ0n) is 10.7. The molecular formula is C13H19IN2O2. The van der Waals surface area contributed by atoms with Crippen molar-refractivity contribution in [3.05, 3.63) is 33.4 Å². The topological polar surface area (TPSA) is 50.4 Å². The number of hydrogen-bond donors (Lipinski definition) is 2. The van der Waals surface area contributed by atoms with E-state index < -0.39 is 0 Å². The molecule has 1 atom stereocenters. The maximum atomic E-state index is 11.5. The van der Waals surface area contributed by atoms with Crippen LogP contribution in [0.25, 0.3) is 0 Å². The van der Waals surface area contributed by atoms with Crippen molar-refractivity contribution in [2.24, 2.45) is 0 Å². The lowest BCUT2D eigenvalue weighted by atomic mass is 10.1. The third-order valence-electron chi connectivity index (χ3n) is 2.57. The van der Waals surface area contributed by atoms with Gasteiger partial charge in [0.2, 0.25) is 5.91 Å². The maximum absolute atomic E-state index is 11.5. The average molecular weight is 362 g/mol. The summed E-state index contributed by atoms with van der Waals surface area (Å²) in [4.78, 5) is 11.5. The first-order valence-corrected chi connectivity index (χ1v) is 6.96. The molecule has 0 fully saturated rings. The van der Waals surface area contributed by atoms with Crippen LogP contribution in [-0.4, -0.2) is 32.7 Å². The minimum atomic E-state index is -0.00980. The van der Waals surface area contributed by atoms with Crippen LogP contribution in [0, 0.1) is 3.57 Å². The molecule has 0 aromatic heterocycles. The molecule has 1 amide bonds. The van der Waals surface area contributed by atoms with Gasteiger partial charge < -0.3 is 15.4 Å². The Bertz CT molecular complexity index is 368. The summed E-state index contributed by atoms with van der Waals surface area (Å²) in [5.41, 5.74) is 1.18. The highest BCUT2D eigenvalue weighted by Crippen LogP contribution is 2.13. The van der Waals surface area contributed by atoms with Crippen LogP contribution in [0.2, 0.25) is 0 Å². The van der Waals surface area contributed by atoms with E-state index in [1.165, 1.54) is 9.13 Å². The van der Waals surface area contributed by atoms with Crippen LogP contribution in [-0.2, 0) is 9.53 Å². The largest absolute Gasteiger partial charge is 0.383 e. The maximum Gasteiger partial charge on any atom is 0.234 e. The molecule has 0 radical (unpaired) electrons. The number of methoxy groups -OCH3 is 1. The quantitative estimate of drug-likeness (QED) is 0.574. The van der Waals surface area contributed by atoms with Crippen molar-refractivity contribution in [3.8, 4) is 0 Å². The summed E-state index contributed by atoms with van der Waals surface area (Å²) in [5, 5.41) is 5.96. The van der Waals surface area contributed by atoms with Crippen LogP contribution >= 0.6 is 22.6 Å². The average Bonchev–Trinajstić information content (AvgIpc) is 2.37. The van der Waals surface area contributed by atoms with Gasteiger partial charge in [0.25, 0.3) is 0 Å². The lowest BCUT2D eigenvalue weighted by Crippen LogP contribution is -2.36. The molecule has 18 heavy (non-hydrogen) atoms. The van der Waals surface area contributed by atoms with Gasteiger partial charge in [-0.1, -0.05) is 12.1 Å². The fourth-order valence-electron chi connectivity index (χ4n) is 1.47. The molecule has 0 spiro atoms. The molecule has 5 heteroatoms. The first-order chi connectivity index (χ1) is 8.63. The Balaban J connectivity index is 2.30. The highest BCUT2D eigenvalue weighted by molar-refractivity contribution is 14.1. The molecule has 0 saturated heterocycles. The summed E-state index contributed by atoms with van der Waals surface area (Å²) in [7, 11) is 1.61. The summed E-state index contributed by atoms with van der Waals surface area (Å²) in [6.45, 7) is 3.45. The highest BCUT2D eigenvalue weighted by Gasteiger charge is 2.07. The van der Waals surface area contributed by atoms with Gasteiger partial charge in [-0.3, -0.25) is 4.79 Å². The lowest BCUT2D eigenvalue weighted by molar-refractivity contribution is -0.120. The summed E-state index contributed by atoms with van der Waals surface area (Å²) >= 11 is 2.27. The number of halogens is 1. The summed E-state index contributed by atoms with van der Waals surface area (Å²) in [6.07, 6.45) is 0. The molecule has 0 bridgehead atoms. The van der Waals surface area contributed by atoms with Crippen LogP contribution < -0.4 is 10.6 Å². The molecule has 0 saturated carbocycles. The monoisotopic (exact) mass is 362 g/mol. The molecule has 2 N–H and O–H groups in total. The van der Waals surface area contributed by atoms with Gasteiger partial charge in [0.15, 0.2) is 0 Å². The summed E-state index contributed by atoms with van der Waals surface area (Å²) < 4.78 is 6.07. The standard InChI is InChI=1S/C13H19IN2O2/c1-10(11-3-5-12(14)6-4-11)16-9-13(17)15-7-8-18-2/h3-6,10,16H,7-9H2,1-2H3,(H,15,17). The van der Waals surface area contributed by atoms with Gasteiger partial charge in [-0.05, 0) is 47.2 Å². The second-order valence-electron chi connectivity index (χ2n) is 4.00. The Morgan fingerprint density at radius 3 is 2.67 bits per heavy atom. The zero-order valence-corrected chi connectivity index (χ0v) is 12.9. The van der Waals surface area contributed by atoms with Crippen LogP contribution in [0.4, 0.5) is 0 Å². The third-order valence-corrected chi connectivity index (χ3v) is 3.29. The van der Waals surface area contributed by atoms with Gasteiger partial charge in [-0.2, -0.15) is 0 Å². The Labute approximate surface area is 122 Å². The van der Waals surface area contributed by atoms with Crippen molar-refractivity contribution in [2.45, 2.75) is 13.0 Å². The van der Waals surface area contributed by atoms with Crippen LogP contribution in [0.3, 0.4) is 0 Å². The predicted octanol–water partition coefficient (Wildman–Crippen LogP) is 1.70. The van der Waals surface area contributed by atoms with Gasteiger partial charge >= 0.3 is 0 Å². The lowest BCUT2D eigenvalue weighted by Gasteiger charge is -2.14. The molecule has 0 aliphatic carbocycles. The molecule has 1 rings (SSSR count). The predicted molar refractivity (Wildman–Crippen MR) is 80.5 cm³/mol. The van der Waals surface area contributed by atoms with E-state index >= 15 is 0 Å². The van der Waals surface area contributed by atoms with Crippen molar-refractivity contribution >= 4 is 28.5 Å². The smallest absolute Gasteiger partial charge is 0.234 e. The number of amides is 1. The van der Waals surface area contributed by atoms with Crippen molar-refractivity contribution in [1.29, 1.82) is 0 Å². The SMILES string of the molecule is COCCNC(=O)CNC(C)c1ccc(I)cc1. The summed E-state index contributed by atoms with van der Waals surface area (Å²) in [6, 6.07) is 8.43. The number of benzene rings is 1. The number of nitrogens with one attached hydrogen (secondary N) is 2. The Morgan fingerprint density at radius 1 is 1.39 bits per heavy atom. The first-order valence-electron chi connectivity index (χ1n) is 5.88. The van der Waals surface area contributed by atoms with Crippen molar-refractivity contribution < 1.29 is 9.53 Å². The summed E-state index contributed by atoms with van der Waals surface area (Å²) in [5.74, 6) is -0.00980. The highest BCUT2D eigenvalue weighted by atomic mass is 127. The molecule has 100 valence electrons. The number of carbonyl (C=O) groups is 1. The van der Waals surface area contributed by atoms with Crippen LogP contribution in [0.1, 0.15) is 18.5 Å². The third kappa shape index (κ3) is 5.79. The number of rotatable bonds is 7. The molecular weight excluding hydrogens is 343 g/mol. The van der Waals surface area contributed by atoms with Crippen LogP contribution in [0.5, 0.6) is 0 Å². The van der Waals surface area contributed by atoms with Gasteiger partial charge in [-0.15, -0.1) is 0 Å². The molecule has 0 aliphatic rings. The number of ether oxygens (including phenoxy) is 1. The van der Waals surface area contributed by atoms with E-state index in [0.29, 0.717) is 19.7 Å². The molecule has 1 unspecified atom stereocenters. The molecule has 4 nitrogen and oxygen atoms in total. The second kappa shape index (κ2) is 8.44. The normalized spacial score (nSPS) is 12.2. The number of hydrogen-bond acceptors (Lipinski definition) is 3. The zero-order chi connectivity index (χ0) is 13.4. The minimum Gasteiger partial charge on any atom is -0.383 e. The molecule has 1 aromatic carbocycles. The minimum absolute atomic E-state index is 0.00980. The van der Waals surface area contributed by atoms with E-state index in [4.69, 9.17) is 4.74 Å². The van der Waals surface area contributed by atoms with Gasteiger partial charge in [0.1, 0.15) is 0 Å². The Kier molecular flexibility index (Phi) is 7.22. The molecule has 0 aliphatic heterocycles. The van der Waals surface area contributed by atoms with E-state index in [1.807, 2.05) is 6.92 Å². The first kappa shape index (κ1) is 15.4. The van der Waals surface area contributed by atoms with Crippen LogP contribution in [0.15, 0.2) is 24.3 Å². The van der Waals surface area contributed by atoms with Crippen molar-refractivity contribution in [3.63, 3.8) is 0 Å². The Morgan fingerprint density at radius 2 is 2.06 bits per heavy atom. The van der Waals surface area contributed by atoms with E-state index in [0.717, 1.165) is 0 Å². The van der Waals surface area contributed by atoms with E-state index in [-0.39, 0.29) is 11.9 Å². The molecule has 1 aromatic rings. The number of carbonyl (C=O) groups excluding carboxylic acids is 1. The van der Waals surface area contributed by atoms with Crippen molar-refractivity contribution in [1.82, 2.24) is 10.6 Å². The fraction of sp³-hybridized carbons (Fsp3) is 0.462. The van der Waals surface area contributed by atoms with Gasteiger partial charge in [-0.25, -0.2) is 0 Å². The van der Waals surface area contributed by atoms with Crippen molar-refractivity contribution in [2.75, 3.05) is 26.8 Å². The molecule has 0 heterocycles. The Hall–Kier alpha value is -0.660. The second-order valence-corrected chi connectivity index (χ2v) is 5.24. The van der Waals surface area contributed by atoms with E-state index in [1.54, 1.807) is 7.11 Å². The fourth-order valence-corrected chi connectivity index (χ4v) is 1.83. The van der Waals surface area contributed by atoms with E-state index in [9.17, 15) is 4.79 Å². The van der Waals surface area contributed by atoms with E-state index in [2.05, 4.69) is 57.5 Å². The van der Waals surface area contributed by atoms with Gasteiger partial charge in [0.05, 0.1) is 13.2 Å². The van der Waals surface area contributed by atoms with Gasteiger partial charge in [0, 0.05) is 23.3 Å².